The van der Waals surface area contributed by atoms with E-state index in [1.54, 1.807) is 23.6 Å². The number of rotatable bonds is 5. The van der Waals surface area contributed by atoms with Gasteiger partial charge in [-0.1, -0.05) is 23.5 Å². The molecule has 0 aliphatic carbocycles. The number of hydrogen-bond acceptors (Lipinski definition) is 5. The fourth-order valence-corrected chi connectivity index (χ4v) is 4.83. The molecule has 156 valence electrons. The third-order valence-corrected chi connectivity index (χ3v) is 6.29. The first kappa shape index (κ1) is 20.2. The molecule has 0 bridgehead atoms. The van der Waals surface area contributed by atoms with Gasteiger partial charge in [-0.25, -0.2) is 0 Å². The van der Waals surface area contributed by atoms with Gasteiger partial charge in [-0.15, -0.1) is 0 Å². The van der Waals surface area contributed by atoms with Gasteiger partial charge < -0.3 is 9.47 Å². The minimum Gasteiger partial charge on any atom is -0.497 e. The Balaban J connectivity index is 1.76. The van der Waals surface area contributed by atoms with Crippen molar-refractivity contribution >= 4 is 28.7 Å². The fourth-order valence-electron chi connectivity index (χ4n) is 3.74. The van der Waals surface area contributed by atoms with Gasteiger partial charge in [0.1, 0.15) is 17.3 Å². The highest BCUT2D eigenvalue weighted by Crippen LogP contribution is 2.44. The number of carbonyl (C=O) groups excluding carboxylic acids is 1. The van der Waals surface area contributed by atoms with Crippen molar-refractivity contribution < 1.29 is 14.3 Å². The molecule has 30 heavy (non-hydrogen) atoms. The largest absolute Gasteiger partial charge is 0.497 e. The van der Waals surface area contributed by atoms with Crippen LogP contribution in [0.5, 0.6) is 11.5 Å². The highest BCUT2D eigenvalue weighted by atomic mass is 32.1. The Hall–Kier alpha value is -3.06. The van der Waals surface area contributed by atoms with Gasteiger partial charge in [-0.3, -0.25) is 19.1 Å². The van der Waals surface area contributed by atoms with E-state index < -0.39 is 0 Å². The van der Waals surface area contributed by atoms with E-state index in [4.69, 9.17) is 9.47 Å². The second kappa shape index (κ2) is 7.99. The van der Waals surface area contributed by atoms with Crippen LogP contribution < -0.4 is 19.2 Å². The zero-order valence-corrected chi connectivity index (χ0v) is 18.2. The third-order valence-electron chi connectivity index (χ3n) is 5.15. The van der Waals surface area contributed by atoms with Crippen LogP contribution in [-0.4, -0.2) is 23.7 Å². The summed E-state index contributed by atoms with van der Waals surface area (Å²) in [5.41, 5.74) is 1.71. The van der Waals surface area contributed by atoms with E-state index in [2.05, 4.69) is 0 Å². The normalized spacial score (nSPS) is 16.0. The molecule has 6 nitrogen and oxygen atoms in total. The van der Waals surface area contributed by atoms with Crippen LogP contribution in [0.3, 0.4) is 0 Å². The predicted octanol–water partition coefficient (Wildman–Crippen LogP) is 4.44. The van der Waals surface area contributed by atoms with Crippen molar-refractivity contribution in [2.24, 2.45) is 7.05 Å². The number of aromatic nitrogens is 1. The number of fused-ring (bicyclic) bond motifs is 1. The van der Waals surface area contributed by atoms with E-state index in [-0.39, 0.29) is 22.8 Å². The number of benzene rings is 2. The van der Waals surface area contributed by atoms with Crippen LogP contribution in [0, 0.1) is 0 Å². The maximum absolute atomic E-state index is 13.2. The van der Waals surface area contributed by atoms with Gasteiger partial charge in [0.25, 0.3) is 0 Å². The summed E-state index contributed by atoms with van der Waals surface area (Å²) >= 11 is 1.20. The summed E-state index contributed by atoms with van der Waals surface area (Å²) in [5, 5.41) is 0. The van der Waals surface area contributed by atoms with Crippen molar-refractivity contribution in [1.29, 1.82) is 0 Å². The van der Waals surface area contributed by atoms with E-state index >= 15 is 0 Å². The van der Waals surface area contributed by atoms with Gasteiger partial charge in [-0.05, 0) is 55.8 Å². The van der Waals surface area contributed by atoms with Crippen molar-refractivity contribution in [1.82, 2.24) is 4.57 Å². The Morgan fingerprint density at radius 3 is 2.23 bits per heavy atom. The molecule has 7 heteroatoms. The molecule has 1 aliphatic rings. The summed E-state index contributed by atoms with van der Waals surface area (Å²) in [6, 6.07) is 15.1. The van der Waals surface area contributed by atoms with Crippen LogP contribution in [0.1, 0.15) is 36.6 Å². The van der Waals surface area contributed by atoms with E-state index in [0.29, 0.717) is 18.0 Å². The van der Waals surface area contributed by atoms with Crippen LogP contribution in [0.15, 0.2) is 53.3 Å². The minimum absolute atomic E-state index is 0.0476. The number of carbonyl (C=O) groups is 1. The number of thiazole rings is 1. The van der Waals surface area contributed by atoms with E-state index in [9.17, 15) is 9.59 Å². The number of amides is 1. The molecular formula is C23H24N2O4S. The SMILES string of the molecule is COc1ccc(N2C(=O)CC(c3ccc(OC(C)C)cc3)c3sc(=O)n(C)c32)cc1. The summed E-state index contributed by atoms with van der Waals surface area (Å²) < 4.78 is 12.5. The number of hydrogen-bond donors (Lipinski definition) is 0. The Kier molecular flexibility index (Phi) is 5.39. The molecule has 1 amide bonds. The molecule has 0 saturated carbocycles. The van der Waals surface area contributed by atoms with Gasteiger partial charge in [0, 0.05) is 19.4 Å². The molecule has 1 atom stereocenters. The second-order valence-corrected chi connectivity index (χ2v) is 8.53. The van der Waals surface area contributed by atoms with E-state index in [1.165, 1.54) is 11.3 Å². The zero-order chi connectivity index (χ0) is 21.4. The lowest BCUT2D eigenvalue weighted by Crippen LogP contribution is -2.34. The predicted molar refractivity (Wildman–Crippen MR) is 118 cm³/mol. The minimum atomic E-state index is -0.158. The lowest BCUT2D eigenvalue weighted by Gasteiger charge is -2.32. The quantitative estimate of drug-likeness (QED) is 0.607. The number of ether oxygens (including phenoxy) is 2. The molecule has 3 aromatic rings. The molecule has 1 aromatic heterocycles. The molecule has 4 rings (SSSR count). The van der Waals surface area contributed by atoms with Gasteiger partial charge >= 0.3 is 4.87 Å². The van der Waals surface area contributed by atoms with Crippen molar-refractivity contribution in [3.63, 3.8) is 0 Å². The van der Waals surface area contributed by atoms with Crippen LogP contribution in [0.25, 0.3) is 0 Å². The lowest BCUT2D eigenvalue weighted by atomic mass is 9.90. The van der Waals surface area contributed by atoms with Crippen molar-refractivity contribution in [2.75, 3.05) is 12.0 Å². The van der Waals surface area contributed by atoms with Crippen molar-refractivity contribution in [3.8, 4) is 11.5 Å². The number of anilines is 2. The molecule has 0 radical (unpaired) electrons. The molecule has 0 spiro atoms. The Morgan fingerprint density at radius 1 is 1.00 bits per heavy atom. The summed E-state index contributed by atoms with van der Waals surface area (Å²) in [4.78, 5) is 28.2. The summed E-state index contributed by atoms with van der Waals surface area (Å²) in [5.74, 6) is 1.93. The van der Waals surface area contributed by atoms with Gasteiger partial charge in [0.15, 0.2) is 0 Å². The van der Waals surface area contributed by atoms with Gasteiger partial charge in [-0.2, -0.15) is 0 Å². The van der Waals surface area contributed by atoms with Crippen molar-refractivity contribution in [3.05, 3.63) is 68.6 Å². The van der Waals surface area contributed by atoms with Crippen LogP contribution in [-0.2, 0) is 11.8 Å². The molecular weight excluding hydrogens is 400 g/mol. The Bertz CT molecular complexity index is 1110. The monoisotopic (exact) mass is 424 g/mol. The average Bonchev–Trinajstić information content (AvgIpc) is 3.02. The average molecular weight is 425 g/mol. The maximum Gasteiger partial charge on any atom is 0.308 e. The Morgan fingerprint density at radius 2 is 1.63 bits per heavy atom. The molecule has 1 aliphatic heterocycles. The lowest BCUT2D eigenvalue weighted by molar-refractivity contribution is -0.118. The van der Waals surface area contributed by atoms with Crippen LogP contribution >= 0.6 is 11.3 Å². The molecule has 0 saturated heterocycles. The van der Waals surface area contributed by atoms with Gasteiger partial charge in [0.2, 0.25) is 5.91 Å². The van der Waals surface area contributed by atoms with Crippen molar-refractivity contribution in [2.45, 2.75) is 32.3 Å². The van der Waals surface area contributed by atoms with E-state index in [1.807, 2.05) is 62.4 Å². The van der Waals surface area contributed by atoms with Crippen LogP contribution in [0.2, 0.25) is 0 Å². The number of nitrogens with zero attached hydrogens (tertiary/aromatic N) is 2. The maximum atomic E-state index is 13.2. The molecule has 0 N–H and O–H groups in total. The third kappa shape index (κ3) is 3.61. The smallest absolute Gasteiger partial charge is 0.308 e. The van der Waals surface area contributed by atoms with Gasteiger partial charge in [0.05, 0.1) is 23.8 Å². The number of methoxy groups -OCH3 is 1. The highest BCUT2D eigenvalue weighted by molar-refractivity contribution is 7.10. The first-order valence-corrected chi connectivity index (χ1v) is 10.6. The summed E-state index contributed by atoms with van der Waals surface area (Å²) in [7, 11) is 3.31. The second-order valence-electron chi connectivity index (χ2n) is 7.53. The zero-order valence-electron chi connectivity index (χ0n) is 17.4. The molecule has 2 heterocycles. The summed E-state index contributed by atoms with van der Waals surface area (Å²) in [6.07, 6.45) is 0.389. The standard InChI is InChI=1S/C23H24N2O4S/c1-14(2)29-18-9-5-15(6-10-18)19-13-20(26)25(16-7-11-17(28-4)12-8-16)22-21(19)30-23(27)24(22)3/h5-12,14,19H,13H2,1-4H3. The van der Waals surface area contributed by atoms with Crippen LogP contribution in [0.4, 0.5) is 11.5 Å². The molecule has 0 fully saturated rings. The topological polar surface area (TPSA) is 60.8 Å². The fraction of sp³-hybridized carbons (Fsp3) is 0.304. The molecule has 2 aromatic carbocycles. The molecule has 1 unspecified atom stereocenters. The first-order chi connectivity index (χ1) is 14.4. The summed E-state index contributed by atoms with van der Waals surface area (Å²) in [6.45, 7) is 3.96. The highest BCUT2D eigenvalue weighted by Gasteiger charge is 2.37. The first-order valence-electron chi connectivity index (χ1n) is 9.82. The Labute approximate surface area is 179 Å². The van der Waals surface area contributed by atoms with E-state index in [0.717, 1.165) is 21.9 Å².